The fourth-order valence-electron chi connectivity index (χ4n) is 13.1. The number of nitrogens with zero attached hydrogens (tertiary/aromatic N) is 8. The third-order valence-electron chi connectivity index (χ3n) is 16.8. The van der Waals surface area contributed by atoms with Gasteiger partial charge in [-0.05, 0) is 118 Å². The fourth-order valence-corrected chi connectivity index (χ4v) is 13.1. The smallest absolute Gasteiger partial charge is 0.164 e. The SMILES string of the molecule is c1ccc(-c2nc(-c3ccc4c(c3)C3c5ccccc5C4c4cc(-c5nc(-c6ccccc6)nc(-c6ccc7c(c6)c6ccccc6n7-c6ccccc6)n5)ccc43)nc(-c3ccc4c(c3)c3ccccc3n4-c3ccccc3)n2)cc1. The van der Waals surface area contributed by atoms with Crippen LogP contribution in [0.1, 0.15) is 45.2 Å². The van der Waals surface area contributed by atoms with Crippen molar-refractivity contribution in [3.8, 4) is 79.7 Å². The van der Waals surface area contributed by atoms with Crippen molar-refractivity contribution in [2.45, 2.75) is 11.8 Å². The molecule has 2 atom stereocenters. The molecule has 0 saturated carbocycles. The van der Waals surface area contributed by atoms with E-state index in [4.69, 9.17) is 29.9 Å². The number of para-hydroxylation sites is 4. The summed E-state index contributed by atoms with van der Waals surface area (Å²) in [6.07, 6.45) is 0. The number of hydrogen-bond acceptors (Lipinski definition) is 6. The van der Waals surface area contributed by atoms with Crippen molar-refractivity contribution in [1.82, 2.24) is 39.0 Å². The second kappa shape index (κ2) is 18.3. The first-order valence-corrected chi connectivity index (χ1v) is 27.8. The molecule has 11 aromatic carbocycles. The number of fused-ring (bicyclic) bond motifs is 6. The van der Waals surface area contributed by atoms with Gasteiger partial charge in [-0.15, -0.1) is 0 Å². The molecule has 82 heavy (non-hydrogen) atoms. The van der Waals surface area contributed by atoms with Crippen LogP contribution in [0.5, 0.6) is 0 Å². The predicted octanol–water partition coefficient (Wildman–Crippen LogP) is 17.2. The highest BCUT2D eigenvalue weighted by Crippen LogP contribution is 2.57. The zero-order valence-corrected chi connectivity index (χ0v) is 44.1. The van der Waals surface area contributed by atoms with Gasteiger partial charge in [0.15, 0.2) is 34.9 Å². The van der Waals surface area contributed by atoms with Crippen LogP contribution in [0.2, 0.25) is 0 Å². The minimum Gasteiger partial charge on any atom is -0.309 e. The third kappa shape index (κ3) is 7.24. The van der Waals surface area contributed by atoms with E-state index in [0.717, 1.165) is 77.6 Å². The highest BCUT2D eigenvalue weighted by molar-refractivity contribution is 6.11. The Kier molecular flexibility index (Phi) is 10.3. The van der Waals surface area contributed by atoms with Crippen LogP contribution in [0, 0.1) is 0 Å². The quantitative estimate of drug-likeness (QED) is 0.151. The summed E-state index contributed by atoms with van der Waals surface area (Å²) in [5, 5.41) is 4.62. The molecule has 382 valence electrons. The summed E-state index contributed by atoms with van der Waals surface area (Å²) >= 11 is 0. The zero-order chi connectivity index (χ0) is 53.8. The van der Waals surface area contributed by atoms with Gasteiger partial charge < -0.3 is 9.13 Å². The summed E-state index contributed by atoms with van der Waals surface area (Å²) < 4.78 is 4.67. The van der Waals surface area contributed by atoms with Gasteiger partial charge in [0.25, 0.3) is 0 Å². The van der Waals surface area contributed by atoms with Gasteiger partial charge in [-0.2, -0.15) is 0 Å². The molecule has 18 rings (SSSR count). The molecule has 8 nitrogen and oxygen atoms in total. The molecule has 4 aromatic heterocycles. The first-order chi connectivity index (χ1) is 40.6. The predicted molar refractivity (Wildman–Crippen MR) is 329 cm³/mol. The number of aromatic nitrogens is 8. The lowest BCUT2D eigenvalue weighted by atomic mass is 9.61. The van der Waals surface area contributed by atoms with E-state index in [9.17, 15) is 0 Å². The molecular weight excluding hydrogens is 1000 g/mol. The molecule has 2 unspecified atom stereocenters. The Bertz CT molecular complexity index is 4730. The van der Waals surface area contributed by atoms with Crippen molar-refractivity contribution in [2.75, 3.05) is 0 Å². The van der Waals surface area contributed by atoms with Crippen LogP contribution in [0.3, 0.4) is 0 Å². The molecule has 3 aliphatic rings. The maximum atomic E-state index is 5.35. The Morgan fingerprint density at radius 3 is 0.902 bits per heavy atom. The highest BCUT2D eigenvalue weighted by Gasteiger charge is 2.42. The molecule has 0 spiro atoms. The highest BCUT2D eigenvalue weighted by atomic mass is 15.0. The molecule has 2 bridgehead atoms. The summed E-state index contributed by atoms with van der Waals surface area (Å²) in [7, 11) is 0. The van der Waals surface area contributed by atoms with Crippen LogP contribution in [-0.4, -0.2) is 39.0 Å². The molecule has 4 heterocycles. The Labute approximate surface area is 472 Å². The van der Waals surface area contributed by atoms with Gasteiger partial charge >= 0.3 is 0 Å². The first kappa shape index (κ1) is 46.0. The van der Waals surface area contributed by atoms with Crippen molar-refractivity contribution in [1.29, 1.82) is 0 Å². The van der Waals surface area contributed by atoms with Crippen LogP contribution >= 0.6 is 0 Å². The van der Waals surface area contributed by atoms with Crippen LogP contribution < -0.4 is 0 Å². The van der Waals surface area contributed by atoms with Crippen molar-refractivity contribution < 1.29 is 0 Å². The lowest BCUT2D eigenvalue weighted by molar-refractivity contribution is 0.754. The summed E-state index contributed by atoms with van der Waals surface area (Å²) in [5.41, 5.74) is 20.1. The summed E-state index contributed by atoms with van der Waals surface area (Å²) in [5.74, 6) is 3.73. The Morgan fingerprint density at radius 2 is 0.500 bits per heavy atom. The largest absolute Gasteiger partial charge is 0.309 e. The van der Waals surface area contributed by atoms with E-state index in [-0.39, 0.29) is 11.8 Å². The van der Waals surface area contributed by atoms with Gasteiger partial charge in [0.05, 0.1) is 22.1 Å². The standard InChI is InChI=1S/C74H46N8/c1-5-19-45(20-6-1)69-75-71(79-73(77-69)49-35-39-65-59(41-49)53-27-15-17-31-63(53)81(65)51-23-9-3-10-24-51)47-33-37-57-61(43-47)67-55-29-13-14-30-56(55)68(57)62-44-48(34-38-58(62)67)72-76-70(46-21-7-2-8-22-46)78-74(80-72)50-36-40-66-60(42-50)54-28-16-18-32-64(54)82(66)52-25-11-4-12-26-52/h1-44,67-68H. The molecule has 0 aliphatic heterocycles. The van der Waals surface area contributed by atoms with Crippen LogP contribution in [0.25, 0.3) is 123 Å². The van der Waals surface area contributed by atoms with E-state index in [1.54, 1.807) is 0 Å². The normalized spacial score (nSPS) is 14.1. The average molecular weight is 1050 g/mol. The molecule has 15 aromatic rings. The lowest BCUT2D eigenvalue weighted by Crippen LogP contribution is -2.27. The monoisotopic (exact) mass is 1050 g/mol. The van der Waals surface area contributed by atoms with Crippen LogP contribution in [0.15, 0.2) is 267 Å². The van der Waals surface area contributed by atoms with Crippen LogP contribution in [-0.2, 0) is 0 Å². The minimum atomic E-state index is -0.0158. The average Bonchev–Trinajstić information content (AvgIpc) is 1.90. The van der Waals surface area contributed by atoms with Crippen molar-refractivity contribution in [3.63, 3.8) is 0 Å². The minimum absolute atomic E-state index is 0.0158. The molecule has 3 aliphatic carbocycles. The molecule has 0 radical (unpaired) electrons. The van der Waals surface area contributed by atoms with Gasteiger partial charge in [0.1, 0.15) is 0 Å². The Morgan fingerprint density at radius 1 is 0.207 bits per heavy atom. The van der Waals surface area contributed by atoms with Gasteiger partial charge in [-0.25, -0.2) is 29.9 Å². The Balaban J connectivity index is 0.783. The fraction of sp³-hybridized carbons (Fsp3) is 0.0270. The second-order valence-corrected chi connectivity index (χ2v) is 21.4. The number of hydrogen-bond donors (Lipinski definition) is 0. The van der Waals surface area contributed by atoms with E-state index in [1.165, 1.54) is 44.2 Å². The molecule has 8 heteroatoms. The third-order valence-corrected chi connectivity index (χ3v) is 16.8. The van der Waals surface area contributed by atoms with E-state index < -0.39 is 0 Å². The Hall–Kier alpha value is -11.0. The maximum Gasteiger partial charge on any atom is 0.164 e. The summed E-state index contributed by atoms with van der Waals surface area (Å²) in [6.45, 7) is 0. The summed E-state index contributed by atoms with van der Waals surface area (Å²) in [4.78, 5) is 31.6. The molecule has 0 saturated heterocycles. The van der Waals surface area contributed by atoms with E-state index >= 15 is 0 Å². The van der Waals surface area contributed by atoms with Crippen molar-refractivity contribution in [2.24, 2.45) is 0 Å². The molecular formula is C74H46N8. The number of benzene rings is 11. The second-order valence-electron chi connectivity index (χ2n) is 21.4. The topological polar surface area (TPSA) is 87.2 Å². The molecule has 0 amide bonds. The maximum absolute atomic E-state index is 5.35. The summed E-state index contributed by atoms with van der Waals surface area (Å²) in [6, 6.07) is 94.6. The van der Waals surface area contributed by atoms with Crippen molar-refractivity contribution in [3.05, 3.63) is 300 Å². The zero-order valence-electron chi connectivity index (χ0n) is 44.1. The van der Waals surface area contributed by atoms with E-state index in [1.807, 2.05) is 36.4 Å². The lowest BCUT2D eigenvalue weighted by Gasteiger charge is -2.42. The van der Waals surface area contributed by atoms with Crippen molar-refractivity contribution >= 4 is 43.6 Å². The number of rotatable bonds is 8. The van der Waals surface area contributed by atoms with Gasteiger partial charge in [-0.1, -0.05) is 182 Å². The van der Waals surface area contributed by atoms with E-state index in [0.29, 0.717) is 34.9 Å². The molecule has 0 fully saturated rings. The van der Waals surface area contributed by atoms with Gasteiger partial charge in [-0.3, -0.25) is 0 Å². The van der Waals surface area contributed by atoms with Gasteiger partial charge in [0, 0.05) is 78.1 Å². The first-order valence-electron chi connectivity index (χ1n) is 27.8. The van der Waals surface area contributed by atoms with Gasteiger partial charge in [0.2, 0.25) is 0 Å². The molecule has 0 N–H and O–H groups in total. The van der Waals surface area contributed by atoms with Crippen LogP contribution in [0.4, 0.5) is 0 Å². The van der Waals surface area contributed by atoms with E-state index in [2.05, 4.69) is 240 Å².